The summed E-state index contributed by atoms with van der Waals surface area (Å²) in [7, 11) is -3.34. The third kappa shape index (κ3) is 3.34. The van der Waals surface area contributed by atoms with Gasteiger partial charge in [0.1, 0.15) is 10.9 Å². The maximum atomic E-state index is 11.4. The van der Waals surface area contributed by atoms with Gasteiger partial charge in [0.25, 0.3) is 0 Å². The minimum Gasteiger partial charge on any atom is -0.480 e. The molecule has 0 saturated heterocycles. The molecule has 2 rings (SSSR count). The molecule has 1 aromatic heterocycles. The van der Waals surface area contributed by atoms with E-state index in [4.69, 9.17) is 0 Å². The summed E-state index contributed by atoms with van der Waals surface area (Å²) in [5.41, 5.74) is 0. The molecule has 0 aromatic carbocycles. The van der Waals surface area contributed by atoms with Gasteiger partial charge in [0, 0.05) is 12.5 Å². The number of nitrogens with zero attached hydrogens (tertiary/aromatic N) is 2. The summed E-state index contributed by atoms with van der Waals surface area (Å²) >= 11 is 0. The van der Waals surface area contributed by atoms with E-state index < -0.39 is 21.8 Å². The van der Waals surface area contributed by atoms with E-state index in [2.05, 4.69) is 5.10 Å². The molecule has 0 aliphatic heterocycles. The lowest BCUT2D eigenvalue weighted by Gasteiger charge is -2.16. The predicted octanol–water partition coefficient (Wildman–Crippen LogP) is 1.49. The van der Waals surface area contributed by atoms with Gasteiger partial charge in [-0.15, -0.1) is 0 Å². The fourth-order valence-electron chi connectivity index (χ4n) is 2.57. The fourth-order valence-corrected chi connectivity index (χ4v) is 3.10. The van der Waals surface area contributed by atoms with Crippen molar-refractivity contribution in [1.29, 1.82) is 0 Å². The largest absolute Gasteiger partial charge is 0.480 e. The van der Waals surface area contributed by atoms with Crippen LogP contribution in [-0.4, -0.2) is 35.5 Å². The molecule has 1 saturated carbocycles. The number of carboxylic acids is 1. The van der Waals surface area contributed by atoms with Gasteiger partial charge in [0.05, 0.1) is 6.20 Å². The molecule has 6 nitrogen and oxygen atoms in total. The van der Waals surface area contributed by atoms with Crippen LogP contribution in [0.3, 0.4) is 0 Å². The first-order chi connectivity index (χ1) is 8.88. The van der Waals surface area contributed by atoms with E-state index in [0.717, 1.165) is 31.9 Å². The zero-order valence-electron chi connectivity index (χ0n) is 10.8. The number of hydrogen-bond acceptors (Lipinski definition) is 4. The zero-order valence-corrected chi connectivity index (χ0v) is 11.6. The van der Waals surface area contributed by atoms with Crippen molar-refractivity contribution in [3.05, 3.63) is 12.4 Å². The predicted molar refractivity (Wildman–Crippen MR) is 68.6 cm³/mol. The Balaban J connectivity index is 2.19. The van der Waals surface area contributed by atoms with Gasteiger partial charge >= 0.3 is 5.97 Å². The van der Waals surface area contributed by atoms with Crippen LogP contribution >= 0.6 is 0 Å². The number of hydrogen-bond donors (Lipinski definition) is 1. The molecule has 1 heterocycles. The van der Waals surface area contributed by atoms with E-state index in [1.807, 2.05) is 0 Å². The number of carbonyl (C=O) groups is 1. The third-order valence-corrected chi connectivity index (χ3v) is 4.71. The summed E-state index contributed by atoms with van der Waals surface area (Å²) in [5, 5.41) is 13.2. The first-order valence-corrected chi connectivity index (χ1v) is 8.24. The highest BCUT2D eigenvalue weighted by molar-refractivity contribution is 7.90. The highest BCUT2D eigenvalue weighted by Gasteiger charge is 2.27. The summed E-state index contributed by atoms with van der Waals surface area (Å²) < 4.78 is 24.0. The maximum Gasteiger partial charge on any atom is 0.328 e. The Morgan fingerprint density at radius 3 is 2.63 bits per heavy atom. The lowest BCUT2D eigenvalue weighted by Crippen LogP contribution is -2.22. The maximum absolute atomic E-state index is 11.4. The van der Waals surface area contributed by atoms with Crippen LogP contribution in [0.25, 0.3) is 0 Å². The van der Waals surface area contributed by atoms with Gasteiger partial charge in [-0.1, -0.05) is 25.7 Å². The van der Waals surface area contributed by atoms with Gasteiger partial charge < -0.3 is 5.11 Å². The molecule has 19 heavy (non-hydrogen) atoms. The Kier molecular flexibility index (Phi) is 3.93. The second-order valence-electron chi connectivity index (χ2n) is 5.17. The van der Waals surface area contributed by atoms with E-state index in [0.29, 0.717) is 12.3 Å². The SMILES string of the molecule is CS(=O)(=O)c1cnn(C(CC2CCCC2)C(=O)O)c1. The fraction of sp³-hybridized carbons (Fsp3) is 0.667. The van der Waals surface area contributed by atoms with Crippen LogP contribution in [0, 0.1) is 5.92 Å². The standard InChI is InChI=1S/C12H18N2O4S/c1-19(17,18)10-7-13-14(8-10)11(12(15)16)6-9-4-2-3-5-9/h7-9,11H,2-6H2,1H3,(H,15,16). The Labute approximate surface area is 112 Å². The average Bonchev–Trinajstić information content (AvgIpc) is 2.95. The van der Waals surface area contributed by atoms with Crippen molar-refractivity contribution in [3.63, 3.8) is 0 Å². The van der Waals surface area contributed by atoms with E-state index in [1.165, 1.54) is 17.1 Å². The number of sulfone groups is 1. The Hall–Kier alpha value is -1.37. The van der Waals surface area contributed by atoms with E-state index in [-0.39, 0.29) is 4.90 Å². The van der Waals surface area contributed by atoms with E-state index in [9.17, 15) is 18.3 Å². The number of carboxylic acid groups (broad SMARTS) is 1. The minimum absolute atomic E-state index is 0.0603. The van der Waals surface area contributed by atoms with Crippen molar-refractivity contribution < 1.29 is 18.3 Å². The summed E-state index contributed by atoms with van der Waals surface area (Å²) in [6.45, 7) is 0. The zero-order chi connectivity index (χ0) is 14.0. The first-order valence-electron chi connectivity index (χ1n) is 6.35. The lowest BCUT2D eigenvalue weighted by molar-refractivity contribution is -0.141. The van der Waals surface area contributed by atoms with Crippen LogP contribution in [0.2, 0.25) is 0 Å². The molecule has 0 spiro atoms. The molecule has 1 unspecified atom stereocenters. The van der Waals surface area contributed by atoms with Gasteiger partial charge in [-0.3, -0.25) is 4.68 Å². The molecule has 1 N–H and O–H groups in total. The van der Waals surface area contributed by atoms with Crippen molar-refractivity contribution in [2.45, 2.75) is 43.0 Å². The van der Waals surface area contributed by atoms with Crippen LogP contribution in [0.5, 0.6) is 0 Å². The van der Waals surface area contributed by atoms with Crippen LogP contribution < -0.4 is 0 Å². The molecule has 1 aliphatic carbocycles. The molecule has 1 fully saturated rings. The van der Waals surface area contributed by atoms with Crippen molar-refractivity contribution in [2.24, 2.45) is 5.92 Å². The van der Waals surface area contributed by atoms with E-state index in [1.54, 1.807) is 0 Å². The van der Waals surface area contributed by atoms with Gasteiger partial charge in [0.15, 0.2) is 9.84 Å². The van der Waals surface area contributed by atoms with Gasteiger partial charge in [0.2, 0.25) is 0 Å². The summed E-state index contributed by atoms with van der Waals surface area (Å²) in [6, 6.07) is -0.779. The highest BCUT2D eigenvalue weighted by Crippen LogP contribution is 2.32. The highest BCUT2D eigenvalue weighted by atomic mass is 32.2. The summed E-state index contributed by atoms with van der Waals surface area (Å²) in [6.07, 6.45) is 8.49. The third-order valence-electron chi connectivity index (χ3n) is 3.64. The monoisotopic (exact) mass is 286 g/mol. The Bertz CT molecular complexity index is 558. The van der Waals surface area contributed by atoms with Crippen molar-refractivity contribution in [2.75, 3.05) is 6.26 Å². The molecular formula is C12H18N2O4S. The average molecular weight is 286 g/mol. The van der Waals surface area contributed by atoms with Crippen LogP contribution in [-0.2, 0) is 14.6 Å². The molecule has 1 atom stereocenters. The van der Waals surface area contributed by atoms with Crippen LogP contribution in [0.1, 0.15) is 38.1 Å². The molecule has 1 aromatic rings. The van der Waals surface area contributed by atoms with Crippen LogP contribution in [0.15, 0.2) is 17.3 Å². The molecule has 7 heteroatoms. The van der Waals surface area contributed by atoms with Gasteiger partial charge in [-0.25, -0.2) is 13.2 Å². The molecule has 1 aliphatic rings. The Morgan fingerprint density at radius 1 is 1.53 bits per heavy atom. The minimum atomic E-state index is -3.34. The second-order valence-corrected chi connectivity index (χ2v) is 7.18. The van der Waals surface area contributed by atoms with Crippen LogP contribution in [0.4, 0.5) is 0 Å². The van der Waals surface area contributed by atoms with Crippen molar-refractivity contribution in [3.8, 4) is 0 Å². The van der Waals surface area contributed by atoms with Crippen molar-refractivity contribution >= 4 is 15.8 Å². The first kappa shape index (κ1) is 14.0. The Morgan fingerprint density at radius 2 is 2.16 bits per heavy atom. The molecule has 0 radical (unpaired) electrons. The topological polar surface area (TPSA) is 89.3 Å². The molecular weight excluding hydrogens is 268 g/mol. The number of rotatable bonds is 5. The number of aliphatic carboxylic acids is 1. The summed E-state index contributed by atoms with van der Waals surface area (Å²) in [4.78, 5) is 11.4. The number of aromatic nitrogens is 2. The van der Waals surface area contributed by atoms with Gasteiger partial charge in [-0.05, 0) is 12.3 Å². The lowest BCUT2D eigenvalue weighted by atomic mass is 9.98. The van der Waals surface area contributed by atoms with Gasteiger partial charge in [-0.2, -0.15) is 5.10 Å². The molecule has 0 bridgehead atoms. The smallest absolute Gasteiger partial charge is 0.328 e. The normalized spacial score (nSPS) is 18.6. The summed E-state index contributed by atoms with van der Waals surface area (Å²) in [5.74, 6) is -0.568. The second kappa shape index (κ2) is 5.32. The van der Waals surface area contributed by atoms with E-state index >= 15 is 0 Å². The molecule has 106 valence electrons. The van der Waals surface area contributed by atoms with Crippen molar-refractivity contribution in [1.82, 2.24) is 9.78 Å². The quantitative estimate of drug-likeness (QED) is 0.885. The molecule has 0 amide bonds.